The number of ether oxygens (including phenoxy) is 3. The Morgan fingerprint density at radius 1 is 1.22 bits per heavy atom. The molecule has 0 bridgehead atoms. The molecule has 1 aromatic carbocycles. The van der Waals surface area contributed by atoms with E-state index in [2.05, 4.69) is 9.47 Å². The summed E-state index contributed by atoms with van der Waals surface area (Å²) in [6, 6.07) is 3.17. The van der Waals surface area contributed by atoms with Crippen molar-refractivity contribution >= 4 is 33.2 Å². The number of esters is 2. The van der Waals surface area contributed by atoms with Crippen molar-refractivity contribution in [2.24, 2.45) is 0 Å². The predicted molar refractivity (Wildman–Crippen MR) is 90.6 cm³/mol. The van der Waals surface area contributed by atoms with E-state index in [1.165, 1.54) is 0 Å². The van der Waals surface area contributed by atoms with Gasteiger partial charge in [0, 0.05) is 12.3 Å². The van der Waals surface area contributed by atoms with Crippen molar-refractivity contribution in [3.05, 3.63) is 39.6 Å². The van der Waals surface area contributed by atoms with Crippen LogP contribution < -0.4 is 4.90 Å². The molecule has 1 heterocycles. The summed E-state index contributed by atoms with van der Waals surface area (Å²) in [6.07, 6.45) is 0.908. The first kappa shape index (κ1) is 20.3. The highest BCUT2D eigenvalue weighted by Gasteiger charge is 2.35. The number of hydrogen-bond acceptors (Lipinski definition) is 10. The molecular formula is C15H16N2O9S. The van der Waals surface area contributed by atoms with Gasteiger partial charge in [-0.2, -0.15) is 0 Å². The van der Waals surface area contributed by atoms with Gasteiger partial charge in [0.1, 0.15) is 18.1 Å². The number of anilines is 1. The molecule has 146 valence electrons. The third-order valence-corrected chi connectivity index (χ3v) is 4.81. The molecule has 0 radical (unpaired) electrons. The maximum absolute atomic E-state index is 12.2. The molecule has 11 nitrogen and oxygen atoms in total. The second-order valence-electron chi connectivity index (χ2n) is 5.40. The fourth-order valence-electron chi connectivity index (χ4n) is 2.44. The van der Waals surface area contributed by atoms with Crippen LogP contribution in [0, 0.1) is 10.1 Å². The molecule has 1 aliphatic heterocycles. The van der Waals surface area contributed by atoms with Crippen molar-refractivity contribution in [3.63, 3.8) is 0 Å². The molecule has 2 rings (SSSR count). The number of nitrogens with zero attached hydrogens (tertiary/aromatic N) is 2. The third-order valence-electron chi connectivity index (χ3n) is 3.70. The standard InChI is InChI=1S/C15H16N2O9S/c1-24-14(18)10-7-26-8-16(13(10)15(19)25-2)11-5-4-9(27(3,22)23)6-12(11)17(20)21/h4-6H,7-8H2,1-3H3. The van der Waals surface area contributed by atoms with E-state index in [4.69, 9.17) is 4.74 Å². The van der Waals surface area contributed by atoms with Crippen LogP contribution in [-0.4, -0.2) is 59.1 Å². The number of nitro groups is 1. The highest BCUT2D eigenvalue weighted by molar-refractivity contribution is 7.90. The molecule has 0 aliphatic carbocycles. The Hall–Kier alpha value is -2.99. The van der Waals surface area contributed by atoms with Crippen LogP contribution in [-0.2, 0) is 33.6 Å². The van der Waals surface area contributed by atoms with E-state index in [9.17, 15) is 28.1 Å². The zero-order chi connectivity index (χ0) is 20.4. The van der Waals surface area contributed by atoms with E-state index in [0.717, 1.165) is 43.6 Å². The lowest BCUT2D eigenvalue weighted by Crippen LogP contribution is -2.39. The number of rotatable bonds is 5. The SMILES string of the molecule is COC(=O)C1=C(C(=O)OC)N(c2ccc(S(C)(=O)=O)cc2[N+](=O)[O-])COC1. The van der Waals surface area contributed by atoms with Gasteiger partial charge in [-0.25, -0.2) is 18.0 Å². The minimum absolute atomic E-state index is 0.145. The average Bonchev–Trinajstić information content (AvgIpc) is 2.64. The summed E-state index contributed by atoms with van der Waals surface area (Å²) in [7, 11) is -1.51. The van der Waals surface area contributed by atoms with Gasteiger partial charge in [0.05, 0.1) is 36.2 Å². The number of benzene rings is 1. The van der Waals surface area contributed by atoms with Crippen LogP contribution in [0.2, 0.25) is 0 Å². The van der Waals surface area contributed by atoms with Crippen LogP contribution >= 0.6 is 0 Å². The lowest BCUT2D eigenvalue weighted by Gasteiger charge is -2.30. The highest BCUT2D eigenvalue weighted by Crippen LogP contribution is 2.35. The summed E-state index contributed by atoms with van der Waals surface area (Å²) in [6.45, 7) is -0.563. The monoisotopic (exact) mass is 400 g/mol. The van der Waals surface area contributed by atoms with Gasteiger partial charge < -0.3 is 19.1 Å². The summed E-state index contributed by atoms with van der Waals surface area (Å²) in [4.78, 5) is 35.7. The lowest BCUT2D eigenvalue weighted by atomic mass is 10.1. The van der Waals surface area contributed by atoms with Gasteiger partial charge in [0.25, 0.3) is 5.69 Å². The Kier molecular flexibility index (Phi) is 5.81. The fourth-order valence-corrected chi connectivity index (χ4v) is 3.08. The van der Waals surface area contributed by atoms with Crippen molar-refractivity contribution in [2.45, 2.75) is 4.90 Å². The molecule has 0 aromatic heterocycles. The summed E-state index contributed by atoms with van der Waals surface area (Å²) >= 11 is 0. The Labute approximate surface area is 154 Å². The first-order chi connectivity index (χ1) is 12.6. The maximum Gasteiger partial charge on any atom is 0.355 e. The Morgan fingerprint density at radius 3 is 2.37 bits per heavy atom. The molecule has 27 heavy (non-hydrogen) atoms. The van der Waals surface area contributed by atoms with Gasteiger partial charge in [-0.1, -0.05) is 0 Å². The molecular weight excluding hydrogens is 384 g/mol. The minimum Gasteiger partial charge on any atom is -0.466 e. The molecule has 1 aliphatic rings. The molecule has 12 heteroatoms. The Bertz CT molecular complexity index is 937. The number of carbonyl (C=O) groups is 2. The third kappa shape index (κ3) is 4.06. The van der Waals surface area contributed by atoms with Crippen LogP contribution in [0.3, 0.4) is 0 Å². The molecule has 0 amide bonds. The molecule has 0 fully saturated rings. The topological polar surface area (TPSA) is 142 Å². The summed E-state index contributed by atoms with van der Waals surface area (Å²) in [5.74, 6) is -1.80. The van der Waals surface area contributed by atoms with E-state index < -0.39 is 32.4 Å². The van der Waals surface area contributed by atoms with Gasteiger partial charge in [-0.3, -0.25) is 10.1 Å². The van der Waals surface area contributed by atoms with Gasteiger partial charge in [-0.05, 0) is 12.1 Å². The zero-order valence-corrected chi connectivity index (χ0v) is 15.4. The van der Waals surface area contributed by atoms with Crippen molar-refractivity contribution in [1.82, 2.24) is 0 Å². The van der Waals surface area contributed by atoms with Gasteiger partial charge in [0.2, 0.25) is 0 Å². The molecule has 0 N–H and O–H groups in total. The Morgan fingerprint density at radius 2 is 1.85 bits per heavy atom. The van der Waals surface area contributed by atoms with Crippen molar-refractivity contribution in [2.75, 3.05) is 38.7 Å². The van der Waals surface area contributed by atoms with E-state index in [1.54, 1.807) is 0 Å². The first-order valence-electron chi connectivity index (χ1n) is 7.35. The fraction of sp³-hybridized carbons (Fsp3) is 0.333. The van der Waals surface area contributed by atoms with Crippen molar-refractivity contribution in [3.8, 4) is 0 Å². The van der Waals surface area contributed by atoms with Gasteiger partial charge >= 0.3 is 11.9 Å². The molecule has 1 aromatic rings. The second kappa shape index (κ2) is 7.72. The first-order valence-corrected chi connectivity index (χ1v) is 9.24. The van der Waals surface area contributed by atoms with E-state index in [0.29, 0.717) is 0 Å². The van der Waals surface area contributed by atoms with Crippen LogP contribution in [0.15, 0.2) is 34.4 Å². The van der Waals surface area contributed by atoms with Crippen molar-refractivity contribution in [1.29, 1.82) is 0 Å². The number of methoxy groups -OCH3 is 2. The quantitative estimate of drug-likeness (QED) is 0.387. The summed E-state index contributed by atoms with van der Waals surface area (Å²) in [5.41, 5.74) is -1.20. The number of nitro benzene ring substituents is 1. The van der Waals surface area contributed by atoms with Crippen LogP contribution in [0.5, 0.6) is 0 Å². The van der Waals surface area contributed by atoms with E-state index >= 15 is 0 Å². The minimum atomic E-state index is -3.70. The van der Waals surface area contributed by atoms with E-state index in [1.807, 2.05) is 0 Å². The van der Waals surface area contributed by atoms with Gasteiger partial charge in [0.15, 0.2) is 9.84 Å². The molecule has 0 saturated carbocycles. The number of hydrogen-bond donors (Lipinski definition) is 0. The average molecular weight is 400 g/mol. The summed E-state index contributed by atoms with van der Waals surface area (Å²) in [5, 5.41) is 11.5. The smallest absolute Gasteiger partial charge is 0.355 e. The largest absolute Gasteiger partial charge is 0.466 e. The van der Waals surface area contributed by atoms with Crippen LogP contribution in [0.1, 0.15) is 0 Å². The number of sulfone groups is 1. The maximum atomic E-state index is 12.2. The van der Waals surface area contributed by atoms with Crippen LogP contribution in [0.25, 0.3) is 0 Å². The molecule has 0 atom stereocenters. The van der Waals surface area contributed by atoms with Crippen LogP contribution in [0.4, 0.5) is 11.4 Å². The lowest BCUT2D eigenvalue weighted by molar-refractivity contribution is -0.384. The van der Waals surface area contributed by atoms with Crippen molar-refractivity contribution < 1.29 is 37.1 Å². The highest BCUT2D eigenvalue weighted by atomic mass is 32.2. The molecule has 0 unspecified atom stereocenters. The molecule has 0 spiro atoms. The zero-order valence-electron chi connectivity index (χ0n) is 14.6. The number of carbonyl (C=O) groups excluding carboxylic acids is 2. The molecule has 0 saturated heterocycles. The normalized spacial score (nSPS) is 14.7. The van der Waals surface area contributed by atoms with Gasteiger partial charge in [-0.15, -0.1) is 0 Å². The predicted octanol–water partition coefficient (Wildman–Crippen LogP) is 0.393. The summed E-state index contributed by atoms with van der Waals surface area (Å²) < 4.78 is 37.9. The second-order valence-corrected chi connectivity index (χ2v) is 7.41. The van der Waals surface area contributed by atoms with E-state index in [-0.39, 0.29) is 35.2 Å². The Balaban J connectivity index is 2.72.